The lowest BCUT2D eigenvalue weighted by Gasteiger charge is -2.32. The smallest absolute Gasteiger partial charge is 0.122 e. The normalized spacial score (nSPS) is 16.8. The van der Waals surface area contributed by atoms with E-state index in [0.717, 1.165) is 12.3 Å². The molecule has 3 rings (SSSR count). The van der Waals surface area contributed by atoms with Crippen molar-refractivity contribution in [1.29, 1.82) is 0 Å². The Morgan fingerprint density at radius 1 is 1.14 bits per heavy atom. The largest absolute Gasteiger partial charge is 0.496 e. The molecule has 1 saturated heterocycles. The number of hydrogen-bond donors (Lipinski definition) is 0. The molecule has 0 N–H and O–H groups in total. The molecule has 0 unspecified atom stereocenters. The Morgan fingerprint density at radius 3 is 2.68 bits per heavy atom. The fourth-order valence-corrected chi connectivity index (χ4v) is 3.36. The van der Waals surface area contributed by atoms with E-state index >= 15 is 0 Å². The van der Waals surface area contributed by atoms with E-state index in [1.165, 1.54) is 44.5 Å². The highest BCUT2D eigenvalue weighted by Gasteiger charge is 2.22. The topological polar surface area (TPSA) is 30.3 Å². The summed E-state index contributed by atoms with van der Waals surface area (Å²) in [5.74, 6) is 1.68. The third kappa shape index (κ3) is 3.69. The average Bonchev–Trinajstić information content (AvgIpc) is 3.09. The zero-order valence-electron chi connectivity index (χ0n) is 13.3. The lowest BCUT2D eigenvalue weighted by molar-refractivity contribution is 0.205. The number of nitrogens with zero attached hydrogens (tertiary/aromatic N) is 3. The second kappa shape index (κ2) is 7.45. The van der Waals surface area contributed by atoms with Crippen molar-refractivity contribution in [3.63, 3.8) is 0 Å². The number of benzene rings is 1. The molecule has 0 radical (unpaired) electrons. The maximum atomic E-state index is 5.51. The van der Waals surface area contributed by atoms with E-state index in [-0.39, 0.29) is 0 Å². The molecule has 2 heterocycles. The van der Waals surface area contributed by atoms with Crippen molar-refractivity contribution < 1.29 is 4.74 Å². The van der Waals surface area contributed by atoms with Crippen molar-refractivity contribution >= 4 is 0 Å². The van der Waals surface area contributed by atoms with Crippen LogP contribution in [0.4, 0.5) is 0 Å². The zero-order valence-corrected chi connectivity index (χ0v) is 13.3. The first-order valence-corrected chi connectivity index (χ1v) is 8.19. The van der Waals surface area contributed by atoms with Gasteiger partial charge in [-0.05, 0) is 62.5 Å². The van der Waals surface area contributed by atoms with E-state index in [0.29, 0.717) is 5.92 Å². The highest BCUT2D eigenvalue weighted by atomic mass is 16.5. The molecular formula is C18H25N3O. The molecule has 4 heteroatoms. The number of hydrogen-bond acceptors (Lipinski definition) is 3. The maximum absolute atomic E-state index is 5.51. The first kappa shape index (κ1) is 15.1. The fraction of sp³-hybridized carbons (Fsp3) is 0.500. The number of ether oxygens (including phenoxy) is 1. The molecular weight excluding hydrogens is 274 g/mol. The number of para-hydroxylation sites is 1. The van der Waals surface area contributed by atoms with E-state index in [1.807, 2.05) is 29.2 Å². The number of methoxy groups -OCH3 is 1. The highest BCUT2D eigenvalue weighted by molar-refractivity contribution is 5.36. The predicted molar refractivity (Wildman–Crippen MR) is 88.3 cm³/mol. The molecule has 1 aliphatic heterocycles. The first-order valence-electron chi connectivity index (χ1n) is 8.19. The van der Waals surface area contributed by atoms with Crippen LogP contribution in [0.1, 0.15) is 30.7 Å². The first-order chi connectivity index (χ1) is 10.9. The van der Waals surface area contributed by atoms with E-state index in [2.05, 4.69) is 28.2 Å². The summed E-state index contributed by atoms with van der Waals surface area (Å²) < 4.78 is 7.52. The summed E-state index contributed by atoms with van der Waals surface area (Å²) in [6, 6.07) is 10.4. The number of rotatable bonds is 6. The van der Waals surface area contributed by atoms with Crippen LogP contribution in [0.25, 0.3) is 0 Å². The summed E-state index contributed by atoms with van der Waals surface area (Å²) in [4.78, 5) is 2.58. The van der Waals surface area contributed by atoms with E-state index in [1.54, 1.807) is 7.11 Å². The molecule has 0 bridgehead atoms. The van der Waals surface area contributed by atoms with Gasteiger partial charge in [-0.1, -0.05) is 18.2 Å². The molecule has 2 aromatic rings. The summed E-state index contributed by atoms with van der Waals surface area (Å²) in [5.41, 5.74) is 1.38. The van der Waals surface area contributed by atoms with Gasteiger partial charge in [-0.25, -0.2) is 0 Å². The minimum absolute atomic E-state index is 0.638. The van der Waals surface area contributed by atoms with E-state index in [9.17, 15) is 0 Å². The number of aryl methyl sites for hydroxylation is 1. The van der Waals surface area contributed by atoms with Crippen LogP contribution in [-0.4, -0.2) is 41.4 Å². The molecule has 1 fully saturated rings. The summed E-state index contributed by atoms with van der Waals surface area (Å²) in [7, 11) is 1.77. The minimum atomic E-state index is 0.638. The van der Waals surface area contributed by atoms with Gasteiger partial charge >= 0.3 is 0 Å². The Kier molecular flexibility index (Phi) is 5.11. The molecule has 1 aliphatic rings. The van der Waals surface area contributed by atoms with Gasteiger partial charge in [-0.2, -0.15) is 5.10 Å². The molecule has 118 valence electrons. The Morgan fingerprint density at radius 2 is 1.95 bits per heavy atom. The molecule has 1 aromatic carbocycles. The minimum Gasteiger partial charge on any atom is -0.496 e. The van der Waals surface area contributed by atoms with Crippen molar-refractivity contribution in [2.75, 3.05) is 26.7 Å². The molecule has 0 amide bonds. The third-order valence-electron chi connectivity index (χ3n) is 4.59. The summed E-state index contributed by atoms with van der Waals surface area (Å²) >= 11 is 0. The second-order valence-electron chi connectivity index (χ2n) is 5.98. The fourth-order valence-electron chi connectivity index (χ4n) is 3.36. The molecule has 0 atom stereocenters. The van der Waals surface area contributed by atoms with Crippen LogP contribution in [-0.2, 0) is 6.54 Å². The number of piperidine rings is 1. The molecule has 4 nitrogen and oxygen atoms in total. The van der Waals surface area contributed by atoms with Crippen LogP contribution in [0.15, 0.2) is 42.7 Å². The van der Waals surface area contributed by atoms with Gasteiger partial charge in [-0.15, -0.1) is 0 Å². The standard InChI is InChI=1S/C18H25N3O/c1-22-18-7-3-2-6-17(18)16-8-14-20(15-9-16)11-5-13-21-12-4-10-19-21/h2-4,6-7,10,12,16H,5,8-9,11,13-15H2,1H3. The van der Waals surface area contributed by atoms with Gasteiger partial charge in [0, 0.05) is 18.9 Å². The lowest BCUT2D eigenvalue weighted by atomic mass is 9.89. The monoisotopic (exact) mass is 299 g/mol. The van der Waals surface area contributed by atoms with Crippen LogP contribution in [0, 0.1) is 0 Å². The van der Waals surface area contributed by atoms with Crippen LogP contribution in [0.5, 0.6) is 5.75 Å². The molecule has 0 saturated carbocycles. The predicted octanol–water partition coefficient (Wildman–Crippen LogP) is 3.16. The maximum Gasteiger partial charge on any atom is 0.122 e. The van der Waals surface area contributed by atoms with Gasteiger partial charge in [0.25, 0.3) is 0 Å². The summed E-state index contributed by atoms with van der Waals surface area (Å²) in [6.45, 7) is 4.54. The Hall–Kier alpha value is -1.81. The van der Waals surface area contributed by atoms with Gasteiger partial charge in [0.2, 0.25) is 0 Å². The van der Waals surface area contributed by atoms with Gasteiger partial charge in [-0.3, -0.25) is 4.68 Å². The quantitative estimate of drug-likeness (QED) is 0.821. The van der Waals surface area contributed by atoms with Crippen LogP contribution in [0.3, 0.4) is 0 Å². The average molecular weight is 299 g/mol. The summed E-state index contributed by atoms with van der Waals surface area (Å²) in [6.07, 6.45) is 7.50. The Balaban J connectivity index is 1.46. The molecule has 0 spiro atoms. The second-order valence-corrected chi connectivity index (χ2v) is 5.98. The van der Waals surface area contributed by atoms with Crippen LogP contribution < -0.4 is 4.74 Å². The van der Waals surface area contributed by atoms with E-state index in [4.69, 9.17) is 4.74 Å². The molecule has 1 aromatic heterocycles. The Labute approximate surface area is 132 Å². The van der Waals surface area contributed by atoms with Crippen molar-refractivity contribution in [2.45, 2.75) is 31.7 Å². The van der Waals surface area contributed by atoms with Crippen LogP contribution in [0.2, 0.25) is 0 Å². The van der Waals surface area contributed by atoms with Crippen molar-refractivity contribution in [3.8, 4) is 5.75 Å². The Bertz CT molecular complexity index is 559. The molecule has 0 aliphatic carbocycles. The van der Waals surface area contributed by atoms with Crippen molar-refractivity contribution in [3.05, 3.63) is 48.3 Å². The van der Waals surface area contributed by atoms with Crippen molar-refractivity contribution in [1.82, 2.24) is 14.7 Å². The zero-order chi connectivity index (χ0) is 15.2. The lowest BCUT2D eigenvalue weighted by Crippen LogP contribution is -2.34. The third-order valence-corrected chi connectivity index (χ3v) is 4.59. The molecule has 22 heavy (non-hydrogen) atoms. The van der Waals surface area contributed by atoms with Crippen molar-refractivity contribution in [2.24, 2.45) is 0 Å². The number of likely N-dealkylation sites (tertiary alicyclic amines) is 1. The van der Waals surface area contributed by atoms with Crippen LogP contribution >= 0.6 is 0 Å². The van der Waals surface area contributed by atoms with Gasteiger partial charge in [0.15, 0.2) is 0 Å². The summed E-state index contributed by atoms with van der Waals surface area (Å²) in [5, 5.41) is 4.25. The van der Waals surface area contributed by atoms with E-state index < -0.39 is 0 Å². The number of aromatic nitrogens is 2. The van der Waals surface area contributed by atoms with Gasteiger partial charge in [0.05, 0.1) is 7.11 Å². The van der Waals surface area contributed by atoms with Gasteiger partial charge < -0.3 is 9.64 Å². The highest BCUT2D eigenvalue weighted by Crippen LogP contribution is 2.33. The van der Waals surface area contributed by atoms with Gasteiger partial charge in [0.1, 0.15) is 5.75 Å². The SMILES string of the molecule is COc1ccccc1C1CCN(CCCn2cccn2)CC1.